The average molecular weight is 355 g/mol. The Morgan fingerprint density at radius 2 is 1.82 bits per heavy atom. The lowest BCUT2D eigenvalue weighted by Crippen LogP contribution is -2.44. The molecule has 1 heterocycles. The summed E-state index contributed by atoms with van der Waals surface area (Å²) in [6.07, 6.45) is 0. The van der Waals surface area contributed by atoms with Gasteiger partial charge in [-0.15, -0.1) is 0 Å². The average Bonchev–Trinajstić information content (AvgIpc) is 2.52. The van der Waals surface area contributed by atoms with E-state index in [9.17, 15) is 4.79 Å². The second kappa shape index (κ2) is 5.80. The number of carbonyl (C=O) groups is 1. The van der Waals surface area contributed by atoms with Gasteiger partial charge >= 0.3 is 0 Å². The van der Waals surface area contributed by atoms with Gasteiger partial charge in [-0.25, -0.2) is 4.99 Å². The zero-order valence-electron chi connectivity index (χ0n) is 11.1. The predicted molar refractivity (Wildman–Crippen MR) is 90.7 cm³/mol. The first-order valence-corrected chi connectivity index (χ1v) is 7.49. The Bertz CT molecular complexity index is 790. The molecule has 0 fully saturated rings. The minimum atomic E-state index is -0.775. The lowest BCUT2D eigenvalue weighted by molar-refractivity contribution is -0.117. The third-order valence-electron chi connectivity index (χ3n) is 3.30. The highest BCUT2D eigenvalue weighted by molar-refractivity contribution is 6.49. The van der Waals surface area contributed by atoms with Crippen LogP contribution >= 0.6 is 34.8 Å². The molecule has 22 heavy (non-hydrogen) atoms. The van der Waals surface area contributed by atoms with E-state index in [2.05, 4.69) is 10.3 Å². The van der Waals surface area contributed by atoms with Crippen molar-refractivity contribution < 1.29 is 4.79 Å². The number of aliphatic imine (C=N–C) groups is 1. The fraction of sp³-hybridized carbons (Fsp3) is 0.0667. The lowest BCUT2D eigenvalue weighted by atomic mass is 10.00. The third kappa shape index (κ3) is 2.54. The van der Waals surface area contributed by atoms with Crippen LogP contribution in [0.2, 0.25) is 15.1 Å². The highest BCUT2D eigenvalue weighted by atomic mass is 35.5. The van der Waals surface area contributed by atoms with E-state index in [1.807, 2.05) is 30.3 Å². The maximum atomic E-state index is 11.8. The van der Waals surface area contributed by atoms with Gasteiger partial charge in [0.1, 0.15) is 11.7 Å². The number of nitrogens with zero attached hydrogens (tertiary/aromatic N) is 1. The monoisotopic (exact) mass is 353 g/mol. The van der Waals surface area contributed by atoms with Gasteiger partial charge in [-0.1, -0.05) is 65.1 Å². The van der Waals surface area contributed by atoms with E-state index in [0.29, 0.717) is 17.1 Å². The molecule has 2 aromatic carbocycles. The Morgan fingerprint density at radius 3 is 2.45 bits per heavy atom. The van der Waals surface area contributed by atoms with Crippen LogP contribution in [-0.2, 0) is 4.79 Å². The maximum absolute atomic E-state index is 11.8. The molecule has 3 N–H and O–H groups in total. The van der Waals surface area contributed by atoms with Gasteiger partial charge in [-0.2, -0.15) is 0 Å². The normalized spacial score (nSPS) is 16.5. The van der Waals surface area contributed by atoms with E-state index in [1.54, 1.807) is 6.07 Å². The van der Waals surface area contributed by atoms with Crippen molar-refractivity contribution in [3.63, 3.8) is 0 Å². The molecule has 0 spiro atoms. The van der Waals surface area contributed by atoms with Crippen LogP contribution in [0.4, 0.5) is 11.4 Å². The molecule has 1 atom stereocenters. The Hall–Kier alpha value is -1.75. The van der Waals surface area contributed by atoms with Gasteiger partial charge < -0.3 is 11.1 Å². The molecule has 1 unspecified atom stereocenters. The van der Waals surface area contributed by atoms with Gasteiger partial charge in [0.2, 0.25) is 5.91 Å². The molecule has 0 radical (unpaired) electrons. The fourth-order valence-corrected chi connectivity index (χ4v) is 2.90. The van der Waals surface area contributed by atoms with Crippen molar-refractivity contribution in [3.8, 4) is 0 Å². The summed E-state index contributed by atoms with van der Waals surface area (Å²) in [6.45, 7) is 0. The second-order valence-electron chi connectivity index (χ2n) is 4.73. The van der Waals surface area contributed by atoms with E-state index < -0.39 is 11.9 Å². The van der Waals surface area contributed by atoms with Crippen molar-refractivity contribution in [2.45, 2.75) is 6.04 Å². The summed E-state index contributed by atoms with van der Waals surface area (Å²) in [6, 6.07) is 10.1. The molecular formula is C15H10Cl3N3O. The maximum Gasteiger partial charge on any atom is 0.246 e. The summed E-state index contributed by atoms with van der Waals surface area (Å²) < 4.78 is 0. The Morgan fingerprint density at radius 1 is 1.14 bits per heavy atom. The highest BCUT2D eigenvalue weighted by Gasteiger charge is 2.30. The van der Waals surface area contributed by atoms with Gasteiger partial charge in [0.05, 0.1) is 26.5 Å². The van der Waals surface area contributed by atoms with E-state index in [-0.39, 0.29) is 15.1 Å². The molecule has 0 bridgehead atoms. The molecule has 1 aliphatic heterocycles. The molecule has 0 saturated carbocycles. The predicted octanol–water partition coefficient (Wildman–Crippen LogP) is 4.05. The Balaban J connectivity index is 2.22. The van der Waals surface area contributed by atoms with Crippen molar-refractivity contribution in [1.29, 1.82) is 0 Å². The van der Waals surface area contributed by atoms with Crippen molar-refractivity contribution in [1.82, 2.24) is 0 Å². The number of anilines is 1. The molecule has 1 amide bonds. The Labute approximate surface area is 141 Å². The van der Waals surface area contributed by atoms with Crippen LogP contribution in [0.3, 0.4) is 0 Å². The summed E-state index contributed by atoms with van der Waals surface area (Å²) in [7, 11) is 0. The zero-order valence-corrected chi connectivity index (χ0v) is 13.4. The van der Waals surface area contributed by atoms with E-state index >= 15 is 0 Å². The van der Waals surface area contributed by atoms with Crippen LogP contribution in [0.15, 0.2) is 41.4 Å². The minimum Gasteiger partial charge on any atom is -0.368 e. The zero-order chi connectivity index (χ0) is 15.9. The molecule has 112 valence electrons. The van der Waals surface area contributed by atoms with Gasteiger partial charge in [0.25, 0.3) is 0 Å². The lowest BCUT2D eigenvalue weighted by Gasteiger charge is -2.26. The number of nitrogens with one attached hydrogen (secondary N) is 1. The minimum absolute atomic E-state index is 0.220. The first-order valence-electron chi connectivity index (χ1n) is 6.36. The molecule has 1 aliphatic rings. The first-order chi connectivity index (χ1) is 10.5. The molecule has 0 saturated heterocycles. The van der Waals surface area contributed by atoms with Crippen LogP contribution in [0.25, 0.3) is 0 Å². The number of rotatable bonds is 2. The molecule has 3 rings (SSSR count). The number of halogens is 3. The molecule has 2 aromatic rings. The summed E-state index contributed by atoms with van der Waals surface area (Å²) >= 11 is 18.3. The van der Waals surface area contributed by atoms with E-state index in [0.717, 1.165) is 5.56 Å². The third-order valence-corrected chi connectivity index (χ3v) is 4.55. The van der Waals surface area contributed by atoms with Gasteiger partial charge in [-0.3, -0.25) is 4.79 Å². The number of hydrogen-bond donors (Lipinski definition) is 2. The van der Waals surface area contributed by atoms with Gasteiger partial charge in [0, 0.05) is 0 Å². The molecule has 0 aromatic heterocycles. The van der Waals surface area contributed by atoms with Crippen LogP contribution < -0.4 is 11.1 Å². The number of carbonyl (C=O) groups excluding carboxylic acids is 1. The van der Waals surface area contributed by atoms with Crippen LogP contribution in [-0.4, -0.2) is 17.7 Å². The molecule has 7 heteroatoms. The summed E-state index contributed by atoms with van der Waals surface area (Å²) in [4.78, 5) is 16.3. The summed E-state index contributed by atoms with van der Waals surface area (Å²) in [5.41, 5.74) is 7.69. The van der Waals surface area contributed by atoms with Crippen molar-refractivity contribution in [2.75, 3.05) is 5.32 Å². The van der Waals surface area contributed by atoms with Crippen LogP contribution in [0, 0.1) is 0 Å². The molecule has 0 aliphatic carbocycles. The summed E-state index contributed by atoms with van der Waals surface area (Å²) in [5, 5.41) is 3.75. The van der Waals surface area contributed by atoms with Crippen LogP contribution in [0.1, 0.15) is 5.56 Å². The van der Waals surface area contributed by atoms with Crippen LogP contribution in [0.5, 0.6) is 0 Å². The summed E-state index contributed by atoms with van der Waals surface area (Å²) in [5.74, 6) is -0.546. The number of primary amides is 1. The largest absolute Gasteiger partial charge is 0.368 e. The smallest absolute Gasteiger partial charge is 0.246 e. The number of nitrogens with two attached hydrogens (primary N) is 1. The molecular weight excluding hydrogens is 345 g/mol. The van der Waals surface area contributed by atoms with Crippen molar-refractivity contribution >= 4 is 57.8 Å². The Kier molecular flexibility index (Phi) is 4.00. The number of hydrogen-bond acceptors (Lipinski definition) is 3. The molecule has 4 nitrogen and oxygen atoms in total. The van der Waals surface area contributed by atoms with Crippen molar-refractivity contribution in [2.24, 2.45) is 10.7 Å². The van der Waals surface area contributed by atoms with Gasteiger partial charge in [0.15, 0.2) is 0 Å². The highest BCUT2D eigenvalue weighted by Crippen LogP contribution is 2.45. The second-order valence-corrected chi connectivity index (χ2v) is 5.89. The first kappa shape index (κ1) is 15.2. The fourth-order valence-electron chi connectivity index (χ4n) is 2.26. The SMILES string of the molecule is NC(=O)C1Nc2cc(Cl)c(Cl)c(Cl)c2N=C1c1ccccc1. The van der Waals surface area contributed by atoms with E-state index in [4.69, 9.17) is 40.5 Å². The number of amides is 1. The number of fused-ring (bicyclic) bond motifs is 1. The standard InChI is InChI=1S/C15H10Cl3N3O/c16-8-6-9-13(11(18)10(8)17)21-12(14(20-9)15(19)22)7-4-2-1-3-5-7/h1-6,14,20H,(H2,19,22). The van der Waals surface area contributed by atoms with Gasteiger partial charge in [-0.05, 0) is 11.6 Å². The van der Waals surface area contributed by atoms with E-state index in [1.165, 1.54) is 0 Å². The van der Waals surface area contributed by atoms with Crippen molar-refractivity contribution in [3.05, 3.63) is 57.0 Å². The topological polar surface area (TPSA) is 67.5 Å². The number of benzene rings is 2. The quantitative estimate of drug-likeness (QED) is 0.799.